The number of anilines is 1. The summed E-state index contributed by atoms with van der Waals surface area (Å²) in [5.41, 5.74) is 7.22. The van der Waals surface area contributed by atoms with Crippen LogP contribution in [0.3, 0.4) is 0 Å². The molecule has 1 aliphatic rings. The van der Waals surface area contributed by atoms with Crippen LogP contribution >= 0.6 is 23.1 Å². The zero-order valence-corrected chi connectivity index (χ0v) is 14.5. The third kappa shape index (κ3) is 3.74. The first-order chi connectivity index (χ1) is 11.1. The normalized spacial score (nSPS) is 17.0. The highest BCUT2D eigenvalue weighted by molar-refractivity contribution is 7.98. The lowest BCUT2D eigenvalue weighted by molar-refractivity contribution is -0.124. The first kappa shape index (κ1) is 16.4. The monoisotopic (exact) mass is 349 g/mol. The van der Waals surface area contributed by atoms with E-state index in [2.05, 4.69) is 22.4 Å². The van der Waals surface area contributed by atoms with Crippen molar-refractivity contribution in [1.29, 1.82) is 0 Å². The van der Waals surface area contributed by atoms with Crippen LogP contribution in [0.2, 0.25) is 0 Å². The van der Waals surface area contributed by atoms with E-state index in [1.807, 2.05) is 23.8 Å². The number of benzene rings is 1. The Morgan fingerprint density at radius 3 is 2.70 bits per heavy atom. The zero-order valence-electron chi connectivity index (χ0n) is 12.9. The molecule has 0 aliphatic carbocycles. The molecule has 0 spiro atoms. The average Bonchev–Trinajstić information content (AvgIpc) is 3.04. The molecule has 0 saturated carbocycles. The Morgan fingerprint density at radius 2 is 2.04 bits per heavy atom. The van der Waals surface area contributed by atoms with Gasteiger partial charge < -0.3 is 15.8 Å². The van der Waals surface area contributed by atoms with Crippen molar-refractivity contribution >= 4 is 34.1 Å². The highest BCUT2D eigenvalue weighted by Gasteiger charge is 2.36. The van der Waals surface area contributed by atoms with Crippen molar-refractivity contribution in [2.45, 2.75) is 23.3 Å². The van der Waals surface area contributed by atoms with Gasteiger partial charge in [-0.3, -0.25) is 4.79 Å². The molecule has 2 heterocycles. The summed E-state index contributed by atoms with van der Waals surface area (Å²) >= 11 is 3.11. The molecule has 3 N–H and O–H groups in total. The van der Waals surface area contributed by atoms with E-state index >= 15 is 0 Å². The van der Waals surface area contributed by atoms with E-state index in [1.165, 1.54) is 16.2 Å². The lowest BCUT2D eigenvalue weighted by Crippen LogP contribution is -2.54. The average molecular weight is 349 g/mol. The van der Waals surface area contributed by atoms with Gasteiger partial charge in [0.2, 0.25) is 5.91 Å². The molecule has 122 valence electrons. The number of hydrogen-bond donors (Lipinski definition) is 2. The van der Waals surface area contributed by atoms with Crippen molar-refractivity contribution in [2.24, 2.45) is 5.73 Å². The fourth-order valence-corrected chi connectivity index (χ4v) is 3.53. The van der Waals surface area contributed by atoms with E-state index in [0.29, 0.717) is 31.2 Å². The van der Waals surface area contributed by atoms with Crippen LogP contribution in [0.25, 0.3) is 11.3 Å². The second kappa shape index (κ2) is 7.00. The maximum Gasteiger partial charge on any atom is 0.246 e. The molecule has 0 bridgehead atoms. The van der Waals surface area contributed by atoms with Gasteiger partial charge in [-0.15, -0.1) is 23.1 Å². The van der Waals surface area contributed by atoms with Gasteiger partial charge in [-0.05, 0) is 31.2 Å². The molecule has 1 aromatic heterocycles. The van der Waals surface area contributed by atoms with Gasteiger partial charge in [-0.1, -0.05) is 12.1 Å². The number of amides is 1. The SMILES string of the molecule is CSc1ccc(-c2csc(NC(=O)C3(N)CCOCC3)n2)cc1. The van der Waals surface area contributed by atoms with E-state index in [0.717, 1.165) is 11.3 Å². The highest BCUT2D eigenvalue weighted by Crippen LogP contribution is 2.28. The van der Waals surface area contributed by atoms with Gasteiger partial charge in [0.1, 0.15) is 5.54 Å². The number of carbonyl (C=O) groups excluding carboxylic acids is 1. The van der Waals surface area contributed by atoms with Gasteiger partial charge in [0, 0.05) is 29.1 Å². The van der Waals surface area contributed by atoms with E-state index in [1.54, 1.807) is 11.8 Å². The zero-order chi connectivity index (χ0) is 16.3. The predicted octanol–water partition coefficient (Wildman–Crippen LogP) is 2.98. The number of ether oxygens (including phenoxy) is 1. The van der Waals surface area contributed by atoms with Crippen LogP contribution in [-0.2, 0) is 9.53 Å². The molecule has 1 aliphatic heterocycles. The summed E-state index contributed by atoms with van der Waals surface area (Å²) in [7, 11) is 0. The standard InChI is InChI=1S/C16H19N3O2S2/c1-22-12-4-2-11(3-5-12)13-10-23-15(18-13)19-14(20)16(17)6-8-21-9-7-16/h2-5,10H,6-9,17H2,1H3,(H,18,19,20). The summed E-state index contributed by atoms with van der Waals surface area (Å²) < 4.78 is 5.27. The summed E-state index contributed by atoms with van der Waals surface area (Å²) in [6.07, 6.45) is 3.12. The molecule has 1 amide bonds. The molecule has 7 heteroatoms. The fourth-order valence-electron chi connectivity index (χ4n) is 2.41. The van der Waals surface area contributed by atoms with Crippen molar-refractivity contribution in [3.8, 4) is 11.3 Å². The van der Waals surface area contributed by atoms with Crippen LogP contribution in [0.1, 0.15) is 12.8 Å². The molecular weight excluding hydrogens is 330 g/mol. The lowest BCUT2D eigenvalue weighted by Gasteiger charge is -2.31. The molecule has 1 fully saturated rings. The van der Waals surface area contributed by atoms with E-state index < -0.39 is 5.54 Å². The number of thiazole rings is 1. The summed E-state index contributed by atoms with van der Waals surface area (Å²) in [6.45, 7) is 1.05. The number of carbonyl (C=O) groups is 1. The van der Waals surface area contributed by atoms with Crippen molar-refractivity contribution in [3.05, 3.63) is 29.6 Å². The number of nitrogens with one attached hydrogen (secondary N) is 1. The Morgan fingerprint density at radius 1 is 1.35 bits per heavy atom. The third-order valence-electron chi connectivity index (χ3n) is 3.95. The topological polar surface area (TPSA) is 77.2 Å². The minimum atomic E-state index is -0.857. The van der Waals surface area contributed by atoms with Crippen LogP contribution in [0.15, 0.2) is 34.5 Å². The minimum absolute atomic E-state index is 0.181. The second-order valence-electron chi connectivity index (χ2n) is 5.49. The number of aromatic nitrogens is 1. The number of nitrogens with zero attached hydrogens (tertiary/aromatic N) is 1. The third-order valence-corrected chi connectivity index (χ3v) is 5.45. The number of hydrogen-bond acceptors (Lipinski definition) is 6. The largest absolute Gasteiger partial charge is 0.381 e. The minimum Gasteiger partial charge on any atom is -0.381 e. The van der Waals surface area contributed by atoms with Crippen molar-refractivity contribution < 1.29 is 9.53 Å². The molecule has 2 aromatic rings. The number of rotatable bonds is 4. The second-order valence-corrected chi connectivity index (χ2v) is 7.23. The molecular formula is C16H19N3O2S2. The van der Waals surface area contributed by atoms with Crippen molar-refractivity contribution in [2.75, 3.05) is 24.8 Å². The van der Waals surface area contributed by atoms with E-state index in [-0.39, 0.29) is 5.91 Å². The van der Waals surface area contributed by atoms with Gasteiger partial charge in [0.25, 0.3) is 0 Å². The van der Waals surface area contributed by atoms with Crippen molar-refractivity contribution in [3.63, 3.8) is 0 Å². The van der Waals surface area contributed by atoms with E-state index in [4.69, 9.17) is 10.5 Å². The van der Waals surface area contributed by atoms with Crippen LogP contribution in [0.4, 0.5) is 5.13 Å². The predicted molar refractivity (Wildman–Crippen MR) is 94.9 cm³/mol. The van der Waals surface area contributed by atoms with Crippen molar-refractivity contribution in [1.82, 2.24) is 4.98 Å². The molecule has 0 radical (unpaired) electrons. The Kier molecular flexibility index (Phi) is 5.01. The molecule has 0 unspecified atom stereocenters. The van der Waals surface area contributed by atoms with Crippen LogP contribution in [0, 0.1) is 0 Å². The number of nitrogens with two attached hydrogens (primary N) is 1. The van der Waals surface area contributed by atoms with Gasteiger partial charge in [-0.25, -0.2) is 4.98 Å². The van der Waals surface area contributed by atoms with Crippen LogP contribution < -0.4 is 11.1 Å². The van der Waals surface area contributed by atoms with E-state index in [9.17, 15) is 4.79 Å². The summed E-state index contributed by atoms with van der Waals surface area (Å²) in [4.78, 5) is 18.1. The number of thioether (sulfide) groups is 1. The summed E-state index contributed by atoms with van der Waals surface area (Å²) in [5, 5.41) is 5.37. The molecule has 5 nitrogen and oxygen atoms in total. The highest BCUT2D eigenvalue weighted by atomic mass is 32.2. The Hall–Kier alpha value is -1.41. The summed E-state index contributed by atoms with van der Waals surface area (Å²) in [6, 6.07) is 8.20. The lowest BCUT2D eigenvalue weighted by atomic mass is 9.90. The maximum atomic E-state index is 12.4. The van der Waals surface area contributed by atoms with Gasteiger partial charge in [0.05, 0.1) is 5.69 Å². The maximum absolute atomic E-state index is 12.4. The quantitative estimate of drug-likeness (QED) is 0.830. The molecule has 1 aromatic carbocycles. The first-order valence-electron chi connectivity index (χ1n) is 7.39. The van der Waals surface area contributed by atoms with Crippen LogP contribution in [-0.4, -0.2) is 35.9 Å². The Labute approximate surface area is 143 Å². The molecule has 3 rings (SSSR count). The smallest absolute Gasteiger partial charge is 0.246 e. The van der Waals surface area contributed by atoms with Gasteiger partial charge in [-0.2, -0.15) is 0 Å². The van der Waals surface area contributed by atoms with Gasteiger partial charge in [0.15, 0.2) is 5.13 Å². The Bertz CT molecular complexity index is 679. The molecule has 1 saturated heterocycles. The molecule has 0 atom stereocenters. The first-order valence-corrected chi connectivity index (χ1v) is 9.49. The van der Waals surface area contributed by atoms with Crippen LogP contribution in [0.5, 0.6) is 0 Å². The fraction of sp³-hybridized carbons (Fsp3) is 0.375. The van der Waals surface area contributed by atoms with Gasteiger partial charge >= 0.3 is 0 Å². The molecule has 23 heavy (non-hydrogen) atoms. The summed E-state index contributed by atoms with van der Waals surface area (Å²) in [5.74, 6) is -0.181. The Balaban J connectivity index is 1.70.